The molecule has 0 aliphatic carbocycles. The van der Waals surface area contributed by atoms with Gasteiger partial charge in [-0.2, -0.15) is 0 Å². The monoisotopic (exact) mass is 242 g/mol. The molecule has 0 saturated heterocycles. The molecule has 1 aromatic carbocycles. The summed E-state index contributed by atoms with van der Waals surface area (Å²) < 4.78 is 0. The predicted molar refractivity (Wildman–Crippen MR) is 69.8 cm³/mol. The minimum absolute atomic E-state index is 0.156. The van der Waals surface area contributed by atoms with Gasteiger partial charge in [-0.1, -0.05) is 35.4 Å². The summed E-state index contributed by atoms with van der Waals surface area (Å²) in [6.45, 7) is 1.93. The summed E-state index contributed by atoms with van der Waals surface area (Å²) in [4.78, 5) is 19.5. The zero-order valence-corrected chi connectivity index (χ0v) is 10.2. The van der Waals surface area contributed by atoms with Gasteiger partial charge in [0.25, 0.3) is 0 Å². The Bertz CT molecular complexity index is 517. The lowest BCUT2D eigenvalue weighted by molar-refractivity contribution is 0.0950. The summed E-state index contributed by atoms with van der Waals surface area (Å²) in [5.74, 6) is -0.156. The molecule has 2 rings (SSSR count). The van der Waals surface area contributed by atoms with E-state index in [1.54, 1.807) is 24.3 Å². The van der Waals surface area contributed by atoms with E-state index in [9.17, 15) is 4.79 Å². The highest BCUT2D eigenvalue weighted by Crippen LogP contribution is 2.21. The highest BCUT2D eigenvalue weighted by molar-refractivity contribution is 6.01. The normalized spacial score (nSPS) is 19.8. The van der Waals surface area contributed by atoms with Crippen molar-refractivity contribution in [3.63, 3.8) is 0 Å². The molecule has 0 unspecified atom stereocenters. The van der Waals surface area contributed by atoms with Gasteiger partial charge < -0.3 is 0 Å². The first-order valence-corrected chi connectivity index (χ1v) is 5.89. The van der Waals surface area contributed by atoms with Gasteiger partial charge in [0.05, 0.1) is 6.04 Å². The first-order valence-electron chi connectivity index (χ1n) is 5.89. The van der Waals surface area contributed by atoms with E-state index in [4.69, 9.17) is 5.53 Å². The second kappa shape index (κ2) is 5.47. The van der Waals surface area contributed by atoms with Crippen molar-refractivity contribution in [2.45, 2.75) is 31.8 Å². The van der Waals surface area contributed by atoms with Crippen LogP contribution in [0.15, 0.2) is 40.4 Å². The van der Waals surface area contributed by atoms with Crippen molar-refractivity contribution >= 4 is 11.5 Å². The minimum Gasteiger partial charge on any atom is -0.294 e. The number of azide groups is 1. The summed E-state index contributed by atoms with van der Waals surface area (Å²) in [6.07, 6.45) is 1.64. The Morgan fingerprint density at radius 2 is 2.22 bits per heavy atom. The maximum atomic E-state index is 12.3. The molecular formula is C13H14N4O. The van der Waals surface area contributed by atoms with Crippen LogP contribution in [0.1, 0.15) is 30.1 Å². The number of carbonyl (C=O) groups excluding carboxylic acids is 1. The summed E-state index contributed by atoms with van der Waals surface area (Å²) in [7, 11) is 0. The van der Waals surface area contributed by atoms with E-state index in [-0.39, 0.29) is 11.8 Å². The van der Waals surface area contributed by atoms with Crippen LogP contribution in [0, 0.1) is 0 Å². The molecule has 2 atom stereocenters. The first-order chi connectivity index (χ1) is 8.72. The number of hydrogen-bond donors (Lipinski definition) is 0. The Morgan fingerprint density at radius 1 is 1.50 bits per heavy atom. The van der Waals surface area contributed by atoms with Crippen LogP contribution in [-0.2, 0) is 0 Å². The number of nitrogens with zero attached hydrogens (tertiary/aromatic N) is 4. The molecule has 1 aliphatic heterocycles. The molecule has 1 aromatic rings. The van der Waals surface area contributed by atoms with Gasteiger partial charge in [-0.3, -0.25) is 9.79 Å². The number of rotatable bonds is 4. The summed E-state index contributed by atoms with van der Waals surface area (Å²) in [6, 6.07) is 7.95. The molecule has 0 bridgehead atoms. The van der Waals surface area contributed by atoms with Gasteiger partial charge in [-0.25, -0.2) is 0 Å². The van der Waals surface area contributed by atoms with Gasteiger partial charge in [0, 0.05) is 16.2 Å². The van der Waals surface area contributed by atoms with Crippen molar-refractivity contribution in [1.82, 2.24) is 0 Å². The van der Waals surface area contributed by atoms with Crippen LogP contribution in [0.5, 0.6) is 0 Å². The predicted octanol–water partition coefficient (Wildman–Crippen LogP) is 3.17. The molecule has 0 radical (unpaired) electrons. The smallest absolute Gasteiger partial charge is 0.173 e. The lowest BCUT2D eigenvalue weighted by Crippen LogP contribution is -2.29. The molecule has 1 heterocycles. The standard InChI is InChI=1S/C13H14N4O/c1-9-7-8-11(15-9)12(16-17-14)13(18)10-5-3-2-4-6-10/h2-6,11-12H,7-8H2,1H3/t11-,12-/m1/s1. The first kappa shape index (κ1) is 12.3. The third-order valence-electron chi connectivity index (χ3n) is 3.06. The molecule has 0 aromatic heterocycles. The van der Waals surface area contributed by atoms with Crippen LogP contribution >= 0.6 is 0 Å². The van der Waals surface area contributed by atoms with Gasteiger partial charge in [0.15, 0.2) is 5.78 Å². The molecular weight excluding hydrogens is 228 g/mol. The number of ketones is 1. The van der Waals surface area contributed by atoms with E-state index >= 15 is 0 Å². The molecule has 0 spiro atoms. The largest absolute Gasteiger partial charge is 0.294 e. The third kappa shape index (κ3) is 2.57. The van der Waals surface area contributed by atoms with Crippen LogP contribution < -0.4 is 0 Å². The summed E-state index contributed by atoms with van der Waals surface area (Å²) in [5.41, 5.74) is 10.2. The molecule has 5 heteroatoms. The molecule has 0 fully saturated rings. The van der Waals surface area contributed by atoms with Gasteiger partial charge >= 0.3 is 0 Å². The Morgan fingerprint density at radius 3 is 2.78 bits per heavy atom. The zero-order valence-electron chi connectivity index (χ0n) is 10.2. The number of Topliss-reactive ketones (excluding diaryl/α,β-unsaturated/α-hetero) is 1. The lowest BCUT2D eigenvalue weighted by atomic mass is 9.97. The zero-order chi connectivity index (χ0) is 13.0. The molecule has 5 nitrogen and oxygen atoms in total. The Balaban J connectivity index is 2.26. The minimum atomic E-state index is -0.727. The van der Waals surface area contributed by atoms with E-state index in [2.05, 4.69) is 15.0 Å². The Hall–Kier alpha value is -2.13. The fourth-order valence-electron chi connectivity index (χ4n) is 2.13. The van der Waals surface area contributed by atoms with E-state index in [0.29, 0.717) is 5.56 Å². The maximum absolute atomic E-state index is 12.3. The summed E-state index contributed by atoms with van der Waals surface area (Å²) >= 11 is 0. The van der Waals surface area contributed by atoms with Crippen LogP contribution in [-0.4, -0.2) is 23.6 Å². The van der Waals surface area contributed by atoms with Gasteiger partial charge in [-0.05, 0) is 25.3 Å². The van der Waals surface area contributed by atoms with E-state index in [1.165, 1.54) is 0 Å². The SMILES string of the molecule is CC1=N[C@@H]([C@@H](N=[N+]=[N-])C(=O)c2ccccc2)CC1. The van der Waals surface area contributed by atoms with Crippen molar-refractivity contribution in [3.8, 4) is 0 Å². The number of aliphatic imine (C=N–C) groups is 1. The number of benzene rings is 1. The van der Waals surface area contributed by atoms with Crippen molar-refractivity contribution in [3.05, 3.63) is 46.3 Å². The quantitative estimate of drug-likeness (QED) is 0.345. The highest BCUT2D eigenvalue weighted by Gasteiger charge is 2.30. The molecule has 0 N–H and O–H groups in total. The van der Waals surface area contributed by atoms with Crippen LogP contribution in [0.4, 0.5) is 0 Å². The number of carbonyl (C=O) groups is 1. The van der Waals surface area contributed by atoms with Crippen molar-refractivity contribution in [2.75, 3.05) is 0 Å². The highest BCUT2D eigenvalue weighted by atomic mass is 16.1. The molecule has 92 valence electrons. The van der Waals surface area contributed by atoms with Crippen molar-refractivity contribution < 1.29 is 4.79 Å². The third-order valence-corrected chi connectivity index (χ3v) is 3.06. The topological polar surface area (TPSA) is 78.2 Å². The fourth-order valence-corrected chi connectivity index (χ4v) is 2.13. The lowest BCUT2D eigenvalue weighted by Gasteiger charge is -2.14. The molecule has 1 aliphatic rings. The van der Waals surface area contributed by atoms with Crippen LogP contribution in [0.3, 0.4) is 0 Å². The van der Waals surface area contributed by atoms with Crippen LogP contribution in [0.25, 0.3) is 10.4 Å². The summed E-state index contributed by atoms with van der Waals surface area (Å²) in [5, 5.41) is 3.64. The van der Waals surface area contributed by atoms with Crippen LogP contribution in [0.2, 0.25) is 0 Å². The van der Waals surface area contributed by atoms with Crippen molar-refractivity contribution in [1.29, 1.82) is 0 Å². The average molecular weight is 242 g/mol. The average Bonchev–Trinajstić information content (AvgIpc) is 2.82. The van der Waals surface area contributed by atoms with Crippen molar-refractivity contribution in [2.24, 2.45) is 10.1 Å². The van der Waals surface area contributed by atoms with E-state index in [0.717, 1.165) is 18.6 Å². The molecule has 0 saturated carbocycles. The fraction of sp³-hybridized carbons (Fsp3) is 0.385. The maximum Gasteiger partial charge on any atom is 0.173 e. The Kier molecular flexibility index (Phi) is 3.75. The molecule has 18 heavy (non-hydrogen) atoms. The van der Waals surface area contributed by atoms with E-state index < -0.39 is 6.04 Å². The van der Waals surface area contributed by atoms with Gasteiger partial charge in [-0.15, -0.1) is 0 Å². The number of hydrogen-bond acceptors (Lipinski definition) is 3. The second-order valence-electron chi connectivity index (χ2n) is 4.35. The molecule has 0 amide bonds. The second-order valence-corrected chi connectivity index (χ2v) is 4.35. The Labute approximate surface area is 105 Å². The van der Waals surface area contributed by atoms with E-state index in [1.807, 2.05) is 13.0 Å². The van der Waals surface area contributed by atoms with Gasteiger partial charge in [0.1, 0.15) is 6.04 Å². The van der Waals surface area contributed by atoms with Gasteiger partial charge in [0.2, 0.25) is 0 Å².